The normalized spacial score (nSPS) is 31.1. The third-order valence-electron chi connectivity index (χ3n) is 5.51. The quantitative estimate of drug-likeness (QED) is 0.773. The summed E-state index contributed by atoms with van der Waals surface area (Å²) >= 11 is 0. The van der Waals surface area contributed by atoms with E-state index in [2.05, 4.69) is 4.90 Å². The molecule has 0 radical (unpaired) electrons. The molecule has 5 nitrogen and oxygen atoms in total. The average molecular weight is 298 g/mol. The number of carbonyl (C=O) groups excluding carboxylic acids is 1. The summed E-state index contributed by atoms with van der Waals surface area (Å²) in [7, 11) is 0. The summed E-state index contributed by atoms with van der Waals surface area (Å²) in [5, 5.41) is 8.28. The van der Waals surface area contributed by atoms with Crippen molar-refractivity contribution in [3.8, 4) is 0 Å². The molecule has 3 fully saturated rings. The van der Waals surface area contributed by atoms with Gasteiger partial charge in [-0.2, -0.15) is 0 Å². The Balaban J connectivity index is 1.71. The van der Waals surface area contributed by atoms with Crippen molar-refractivity contribution in [3.05, 3.63) is 29.3 Å². The maximum absolute atomic E-state index is 13.1. The van der Waals surface area contributed by atoms with E-state index in [-0.39, 0.29) is 5.91 Å². The number of hydrogen-bond acceptors (Lipinski definition) is 4. The second-order valence-electron chi connectivity index (χ2n) is 6.70. The molecule has 0 saturated carbocycles. The van der Waals surface area contributed by atoms with Gasteiger partial charge in [-0.15, -0.1) is 0 Å². The topological polar surface area (TPSA) is 73.4 Å². The van der Waals surface area contributed by atoms with Crippen LogP contribution in [-0.4, -0.2) is 53.6 Å². The minimum absolute atomic E-state index is 0.0586. The zero-order valence-corrected chi connectivity index (χ0v) is 12.7. The Morgan fingerprint density at radius 1 is 1.18 bits per heavy atom. The van der Waals surface area contributed by atoms with Crippen molar-refractivity contribution >= 4 is 17.3 Å². The van der Waals surface area contributed by atoms with Gasteiger partial charge in [-0.1, -0.05) is 6.07 Å². The van der Waals surface area contributed by atoms with Gasteiger partial charge in [-0.05, 0) is 44.0 Å². The molecule has 2 bridgehead atoms. The molecule has 0 unspecified atom stereocenters. The van der Waals surface area contributed by atoms with Crippen LogP contribution in [0.1, 0.15) is 35.2 Å². The first kappa shape index (κ1) is 13.8. The molecular weight excluding hydrogens is 276 g/mol. The van der Waals surface area contributed by atoms with Gasteiger partial charge in [0.25, 0.3) is 5.91 Å². The lowest BCUT2D eigenvalue weighted by Gasteiger charge is -2.48. The summed E-state index contributed by atoms with van der Waals surface area (Å²) in [5.41, 5.74) is 8.33. The molecule has 1 aromatic carbocycles. The van der Waals surface area contributed by atoms with Crippen molar-refractivity contribution in [2.24, 2.45) is 5.92 Å². The van der Waals surface area contributed by atoms with Gasteiger partial charge in [-0.3, -0.25) is 4.79 Å². The lowest BCUT2D eigenvalue weighted by Crippen LogP contribution is -2.58. The number of rotatable bonds is 1. The number of anilines is 1. The lowest BCUT2D eigenvalue weighted by atomic mass is 9.83. The Bertz CT molecular complexity index is 634. The number of benzene rings is 1. The molecule has 3 saturated heterocycles. The maximum Gasteiger partial charge on any atom is 0.254 e. The monoisotopic (exact) mass is 298 g/mol. The first-order valence-corrected chi connectivity index (χ1v) is 8.15. The van der Waals surface area contributed by atoms with Crippen LogP contribution in [0.4, 0.5) is 5.69 Å². The highest BCUT2D eigenvalue weighted by Gasteiger charge is 2.40. The fourth-order valence-corrected chi connectivity index (χ4v) is 4.30. The number of carbonyl (C=O) groups is 1. The molecule has 0 aliphatic carbocycles. The van der Waals surface area contributed by atoms with Crippen LogP contribution < -0.4 is 5.73 Å². The SMILES string of the molecule is N=C1CCN([C@H]2CN3CCC2CC3)C(=O)c2cccc(N)c21. The fraction of sp³-hybridized carbons (Fsp3) is 0.529. The van der Waals surface area contributed by atoms with E-state index in [1.165, 1.54) is 25.9 Å². The first-order valence-electron chi connectivity index (χ1n) is 8.15. The Hall–Kier alpha value is -1.88. The van der Waals surface area contributed by atoms with E-state index in [0.717, 1.165) is 6.54 Å². The van der Waals surface area contributed by atoms with Crippen LogP contribution in [0, 0.1) is 11.3 Å². The highest BCUT2D eigenvalue weighted by Crippen LogP contribution is 2.34. The van der Waals surface area contributed by atoms with Gasteiger partial charge in [0.05, 0.1) is 5.56 Å². The van der Waals surface area contributed by atoms with Gasteiger partial charge in [0.1, 0.15) is 0 Å². The molecule has 1 atom stereocenters. The van der Waals surface area contributed by atoms with Crippen LogP contribution in [0.25, 0.3) is 0 Å². The minimum Gasteiger partial charge on any atom is -0.398 e. The largest absolute Gasteiger partial charge is 0.398 e. The van der Waals surface area contributed by atoms with Crippen molar-refractivity contribution in [2.75, 3.05) is 31.9 Å². The van der Waals surface area contributed by atoms with E-state index in [9.17, 15) is 4.79 Å². The van der Waals surface area contributed by atoms with E-state index >= 15 is 0 Å². The number of piperidine rings is 3. The van der Waals surface area contributed by atoms with Crippen molar-refractivity contribution in [3.63, 3.8) is 0 Å². The average Bonchev–Trinajstić information content (AvgIpc) is 2.67. The number of fused-ring (bicyclic) bond motifs is 4. The molecule has 0 aromatic heterocycles. The Morgan fingerprint density at radius 3 is 2.64 bits per heavy atom. The van der Waals surface area contributed by atoms with Crippen LogP contribution in [0.5, 0.6) is 0 Å². The zero-order valence-electron chi connectivity index (χ0n) is 12.7. The molecule has 5 rings (SSSR count). The highest BCUT2D eigenvalue weighted by molar-refractivity contribution is 6.13. The third-order valence-corrected chi connectivity index (χ3v) is 5.51. The molecule has 5 heteroatoms. The van der Waals surface area contributed by atoms with Crippen LogP contribution >= 0.6 is 0 Å². The summed E-state index contributed by atoms with van der Waals surface area (Å²) in [6.07, 6.45) is 2.97. The Labute approximate surface area is 130 Å². The smallest absolute Gasteiger partial charge is 0.254 e. The van der Waals surface area contributed by atoms with Gasteiger partial charge >= 0.3 is 0 Å². The first-order chi connectivity index (χ1) is 10.6. The van der Waals surface area contributed by atoms with Crippen molar-refractivity contribution < 1.29 is 4.79 Å². The van der Waals surface area contributed by atoms with Crippen molar-refractivity contribution in [2.45, 2.75) is 25.3 Å². The number of nitrogens with one attached hydrogen (secondary N) is 1. The number of nitrogens with two attached hydrogens (primary N) is 1. The van der Waals surface area contributed by atoms with E-state index in [1.807, 2.05) is 17.0 Å². The maximum atomic E-state index is 13.1. The fourth-order valence-electron chi connectivity index (χ4n) is 4.30. The molecule has 4 aliphatic heterocycles. The Morgan fingerprint density at radius 2 is 1.95 bits per heavy atom. The second kappa shape index (κ2) is 5.09. The van der Waals surface area contributed by atoms with Gasteiger partial charge in [-0.25, -0.2) is 0 Å². The predicted molar refractivity (Wildman–Crippen MR) is 86.3 cm³/mol. The summed E-state index contributed by atoms with van der Waals surface area (Å²) in [4.78, 5) is 17.6. The lowest BCUT2D eigenvalue weighted by molar-refractivity contribution is 0.00868. The summed E-state index contributed by atoms with van der Waals surface area (Å²) in [6, 6.07) is 5.72. The number of nitrogens with zero attached hydrogens (tertiary/aromatic N) is 2. The van der Waals surface area contributed by atoms with Gasteiger partial charge in [0.15, 0.2) is 0 Å². The molecule has 22 heavy (non-hydrogen) atoms. The molecule has 1 aromatic rings. The summed E-state index contributed by atoms with van der Waals surface area (Å²) < 4.78 is 0. The van der Waals surface area contributed by atoms with Gasteiger partial charge < -0.3 is 20.9 Å². The Kier molecular flexibility index (Phi) is 3.18. The van der Waals surface area contributed by atoms with E-state index in [0.29, 0.717) is 47.5 Å². The van der Waals surface area contributed by atoms with Gasteiger partial charge in [0.2, 0.25) is 0 Å². The van der Waals surface area contributed by atoms with Crippen molar-refractivity contribution in [1.82, 2.24) is 9.80 Å². The highest BCUT2D eigenvalue weighted by atomic mass is 16.2. The molecule has 0 spiro atoms. The summed E-state index contributed by atoms with van der Waals surface area (Å²) in [5.74, 6) is 0.675. The minimum atomic E-state index is 0.0586. The summed E-state index contributed by atoms with van der Waals surface area (Å²) in [6.45, 7) is 3.97. The van der Waals surface area contributed by atoms with E-state index in [4.69, 9.17) is 11.1 Å². The molecule has 3 N–H and O–H groups in total. The number of hydrogen-bond donors (Lipinski definition) is 2. The number of amides is 1. The third kappa shape index (κ3) is 2.03. The molecule has 4 aliphatic rings. The second-order valence-corrected chi connectivity index (χ2v) is 6.70. The van der Waals surface area contributed by atoms with E-state index in [1.54, 1.807) is 6.07 Å². The molecule has 4 heterocycles. The van der Waals surface area contributed by atoms with Crippen LogP contribution in [0.2, 0.25) is 0 Å². The number of nitrogen functional groups attached to an aromatic ring is 1. The van der Waals surface area contributed by atoms with E-state index < -0.39 is 0 Å². The predicted octanol–water partition coefficient (Wildman–Crippen LogP) is 1.58. The molecular formula is C17H22N4O. The molecule has 116 valence electrons. The zero-order chi connectivity index (χ0) is 15.3. The van der Waals surface area contributed by atoms with Crippen LogP contribution in [0.15, 0.2) is 18.2 Å². The standard InChI is InChI=1S/C17H22N4O/c18-13-3-1-2-12-16(13)14(19)6-9-21(17(12)22)15-10-20-7-4-11(15)5-8-20/h1-3,11,15,19H,4-10,18H2/t15-/m0/s1. The van der Waals surface area contributed by atoms with Gasteiger partial charge in [0, 0.05) is 42.5 Å². The van der Waals surface area contributed by atoms with Crippen LogP contribution in [-0.2, 0) is 0 Å². The van der Waals surface area contributed by atoms with Crippen molar-refractivity contribution in [1.29, 1.82) is 5.41 Å². The molecule has 1 amide bonds. The van der Waals surface area contributed by atoms with Crippen LogP contribution in [0.3, 0.4) is 0 Å².